The number of rotatable bonds is 3. The van der Waals surface area contributed by atoms with Crippen LogP contribution in [0.4, 0.5) is 22.7 Å². The highest BCUT2D eigenvalue weighted by atomic mass is 79.9. The van der Waals surface area contributed by atoms with Gasteiger partial charge in [-0.15, -0.1) is 0 Å². The second-order valence-corrected chi connectivity index (χ2v) is 19.9. The molecule has 0 spiro atoms. The van der Waals surface area contributed by atoms with Crippen molar-refractivity contribution in [3.63, 3.8) is 0 Å². The summed E-state index contributed by atoms with van der Waals surface area (Å²) in [6.45, 7) is 30.5. The zero-order valence-corrected chi connectivity index (χ0v) is 43.1. The molecule has 12 rings (SSSR count). The van der Waals surface area contributed by atoms with Gasteiger partial charge in [0.15, 0.2) is 11.4 Å². The van der Waals surface area contributed by atoms with Crippen molar-refractivity contribution in [3.05, 3.63) is 236 Å². The van der Waals surface area contributed by atoms with Crippen molar-refractivity contribution < 1.29 is 9.31 Å². The molecule has 0 aliphatic carbocycles. The summed E-state index contributed by atoms with van der Waals surface area (Å²) in [7, 11) is -0.396. The van der Waals surface area contributed by atoms with Gasteiger partial charge in [0.25, 0.3) is 0 Å². The number of hydrogen-bond acceptors (Lipinski definition) is 8. The molecule has 1 saturated heterocycles. The summed E-state index contributed by atoms with van der Waals surface area (Å²) in [5.41, 5.74) is 5.53. The first-order valence-corrected chi connectivity index (χ1v) is 25.7. The summed E-state index contributed by atoms with van der Waals surface area (Å²) in [6.07, 6.45) is 6.21. The number of nitrogens with zero attached hydrogens (tertiary/aromatic N) is 7. The Hall–Kier alpha value is -7.41. The lowest BCUT2D eigenvalue weighted by atomic mass is 9.75. The van der Waals surface area contributed by atoms with Crippen molar-refractivity contribution in [1.82, 2.24) is 13.1 Å². The molecular weight excluding hydrogens is 1070 g/mol. The van der Waals surface area contributed by atoms with Gasteiger partial charge in [0, 0.05) is 36.0 Å². The lowest BCUT2D eigenvalue weighted by Crippen LogP contribution is -2.41. The van der Waals surface area contributed by atoms with E-state index in [2.05, 4.69) is 70.4 Å². The molecule has 0 radical (unpaired) electrons. The molecule has 8 aromatic carbocycles. The molecule has 1 fully saturated rings. The molecule has 0 bridgehead atoms. The van der Waals surface area contributed by atoms with E-state index in [9.17, 15) is 0 Å². The van der Waals surface area contributed by atoms with Crippen LogP contribution in [0.15, 0.2) is 191 Å². The number of aromatic nitrogens is 3. The van der Waals surface area contributed by atoms with Crippen molar-refractivity contribution in [3.8, 4) is 20.9 Å². The van der Waals surface area contributed by atoms with Crippen LogP contribution in [-0.4, -0.2) is 33.5 Å². The predicted octanol–water partition coefficient (Wildman–Crippen LogP) is 17.6. The van der Waals surface area contributed by atoms with Gasteiger partial charge in [-0.2, -0.15) is 4.37 Å². The molecule has 71 heavy (non-hydrogen) atoms. The van der Waals surface area contributed by atoms with Gasteiger partial charge in [0.1, 0.15) is 0 Å². The van der Waals surface area contributed by atoms with Gasteiger partial charge < -0.3 is 9.31 Å². The Kier molecular flexibility index (Phi) is 17.6. The fraction of sp³-hybridized carbons (Fsp3) is 0.0536. The van der Waals surface area contributed by atoms with Gasteiger partial charge >= 0.3 is 7.12 Å². The average Bonchev–Trinajstić information content (AvgIpc) is 4.25. The number of halogens is 2. The molecule has 0 unspecified atom stereocenters. The van der Waals surface area contributed by atoms with Crippen LogP contribution in [0.1, 0.15) is 6.42 Å². The van der Waals surface area contributed by atoms with E-state index in [0.717, 1.165) is 89.8 Å². The minimum absolute atomic E-state index is 0.396. The maximum atomic E-state index is 7.43. The molecule has 1 aliphatic heterocycles. The van der Waals surface area contributed by atoms with E-state index in [-0.39, 0.29) is 0 Å². The van der Waals surface area contributed by atoms with Crippen LogP contribution in [0.5, 0.6) is 0 Å². The van der Waals surface area contributed by atoms with Crippen LogP contribution in [0.3, 0.4) is 0 Å². The van der Waals surface area contributed by atoms with Crippen LogP contribution in [-0.2, 0) is 9.31 Å². The molecule has 11 aromatic rings. The van der Waals surface area contributed by atoms with Crippen LogP contribution in [0.2, 0.25) is 0 Å². The van der Waals surface area contributed by atoms with E-state index < -0.39 is 7.12 Å². The maximum absolute atomic E-state index is 7.43. The lowest BCUT2D eigenvalue weighted by Gasteiger charge is -2.21. The first-order valence-electron chi connectivity index (χ1n) is 21.8. The molecule has 342 valence electrons. The van der Waals surface area contributed by atoms with Gasteiger partial charge in [-0.25, -0.2) is 28.1 Å². The molecule has 4 heterocycles. The fourth-order valence-electron chi connectivity index (χ4n) is 7.65. The Bertz CT molecular complexity index is 3760. The highest BCUT2D eigenvalue weighted by molar-refractivity contribution is 9.11. The van der Waals surface area contributed by atoms with Gasteiger partial charge in [0.05, 0.1) is 45.6 Å². The number of benzene rings is 8. The van der Waals surface area contributed by atoms with Crippen LogP contribution in [0, 0.1) is 26.3 Å². The predicted molar refractivity (Wildman–Crippen MR) is 302 cm³/mol. The third-order valence-corrected chi connectivity index (χ3v) is 14.6. The van der Waals surface area contributed by atoms with E-state index in [1.807, 2.05) is 158 Å². The topological polar surface area (TPSA) is 74.6 Å². The molecule has 3 aromatic heterocycles. The first kappa shape index (κ1) is 50.0. The van der Waals surface area contributed by atoms with Crippen molar-refractivity contribution in [2.24, 2.45) is 0 Å². The van der Waals surface area contributed by atoms with E-state index in [0.29, 0.717) is 30.3 Å². The molecule has 15 heteroatoms. The van der Waals surface area contributed by atoms with Crippen molar-refractivity contribution in [2.75, 3.05) is 13.2 Å². The Balaban J connectivity index is 0.000000123. The Morgan fingerprint density at radius 1 is 0.465 bits per heavy atom. The molecule has 0 amide bonds. The SMILES string of the molecule is Brc1ccns1.[C-]#[N+]c1c(-c2ccns2)ccc2ccccc12.[C-]#[N+]c1c(-c2sncc2Br)ccc2ccccc12.[C-]#[N+]c1c(B2OCCCO2)ccc2ccccc12.[C-]#[N+]c1cccc2ccccc12. The Morgan fingerprint density at radius 3 is 1.48 bits per heavy atom. The zero-order chi connectivity index (χ0) is 49.4. The lowest BCUT2D eigenvalue weighted by molar-refractivity contribution is 0.143. The monoisotopic (exact) mass is 1100 g/mol. The number of fused-ring (bicyclic) bond motifs is 4. The normalized spacial score (nSPS) is 11.4. The average molecular weight is 1110 g/mol. The summed E-state index contributed by atoms with van der Waals surface area (Å²) < 4.78 is 25.3. The standard InChI is InChI=1S/C14H12BNO2.C14H7BrN2S.C14H8N2S.C11H7N.C3H2BrNS/c1-16-14-12-6-3-2-5-11(12)7-8-13(14)15-17-9-4-10-18-15;1-16-13-10-5-3-2-4-9(10)6-7-11(13)14-12(15)8-17-18-14;1-15-14-11-5-3-2-4-10(11)6-7-12(14)13-8-9-16-17-13;1-12-11-8-4-6-9-5-2-3-7-10(9)11;4-3-1-2-5-6-3/h2-3,5-8H,4,9-10H2;2-8H;2-9H;2-8H;1-2H. The highest BCUT2D eigenvalue weighted by Crippen LogP contribution is 2.42. The van der Waals surface area contributed by atoms with Gasteiger partial charge in [-0.1, -0.05) is 152 Å². The highest BCUT2D eigenvalue weighted by Gasteiger charge is 2.28. The summed E-state index contributed by atoms with van der Waals surface area (Å²) in [4.78, 5) is 16.5. The summed E-state index contributed by atoms with van der Waals surface area (Å²) in [5.74, 6) is 0. The van der Waals surface area contributed by atoms with Crippen molar-refractivity contribution in [1.29, 1.82) is 0 Å². The van der Waals surface area contributed by atoms with Crippen LogP contribution in [0.25, 0.3) is 83.4 Å². The van der Waals surface area contributed by atoms with Crippen molar-refractivity contribution in [2.45, 2.75) is 6.42 Å². The minimum atomic E-state index is -0.396. The smallest absolute Gasteiger partial charge is 0.408 e. The molecule has 9 nitrogen and oxygen atoms in total. The van der Waals surface area contributed by atoms with Gasteiger partial charge in [0.2, 0.25) is 11.4 Å². The summed E-state index contributed by atoms with van der Waals surface area (Å²) in [5, 5.41) is 8.39. The van der Waals surface area contributed by atoms with Crippen LogP contribution < -0.4 is 5.46 Å². The van der Waals surface area contributed by atoms with Crippen LogP contribution >= 0.6 is 66.5 Å². The second-order valence-electron chi connectivity index (χ2n) is 15.2. The van der Waals surface area contributed by atoms with E-state index in [1.54, 1.807) is 18.6 Å². The van der Waals surface area contributed by atoms with Gasteiger partial charge in [-0.3, -0.25) is 0 Å². The van der Waals surface area contributed by atoms with E-state index >= 15 is 0 Å². The van der Waals surface area contributed by atoms with E-state index in [1.165, 1.54) is 34.6 Å². The minimum Gasteiger partial charge on any atom is -0.408 e. The third-order valence-electron chi connectivity index (χ3n) is 10.9. The molecule has 1 aliphatic rings. The fourth-order valence-corrected chi connectivity index (χ4v) is 10.3. The largest absolute Gasteiger partial charge is 0.482 e. The summed E-state index contributed by atoms with van der Waals surface area (Å²) in [6, 6.07) is 53.4. The Morgan fingerprint density at radius 2 is 0.972 bits per heavy atom. The van der Waals surface area contributed by atoms with E-state index in [4.69, 9.17) is 35.6 Å². The molecule has 0 saturated carbocycles. The molecular formula is C56H36BBr2N7O2S3. The molecule has 0 N–H and O–H groups in total. The van der Waals surface area contributed by atoms with Gasteiger partial charge in [-0.05, 0) is 139 Å². The quantitative estimate of drug-likeness (QED) is 0.130. The second kappa shape index (κ2) is 24.9. The first-order chi connectivity index (χ1) is 34.9. The summed E-state index contributed by atoms with van der Waals surface area (Å²) >= 11 is 11.0. The van der Waals surface area contributed by atoms with Crippen molar-refractivity contribution >= 4 is 145 Å². The maximum Gasteiger partial charge on any atom is 0.482 e. The third kappa shape index (κ3) is 12.1. The number of hydrogen-bond donors (Lipinski definition) is 0. The Labute approximate surface area is 440 Å². The zero-order valence-electron chi connectivity index (χ0n) is 37.4. The molecule has 0 atom stereocenters.